The van der Waals surface area contributed by atoms with Crippen molar-refractivity contribution in [2.45, 2.75) is 74.9 Å². The number of aromatic nitrogens is 3. The molecule has 5 fully saturated rings. The summed E-state index contributed by atoms with van der Waals surface area (Å²) < 4.78 is 52.1. The number of halogens is 3. The molecule has 5 aliphatic rings. The van der Waals surface area contributed by atoms with Gasteiger partial charge in [0, 0.05) is 48.4 Å². The molecule has 0 spiro atoms. The van der Waals surface area contributed by atoms with Gasteiger partial charge in [-0.15, -0.1) is 11.3 Å². The molecule has 0 amide bonds. The highest BCUT2D eigenvalue weighted by Gasteiger charge is 2.51. The Bertz CT molecular complexity index is 2070. The van der Waals surface area contributed by atoms with Crippen molar-refractivity contribution in [1.82, 2.24) is 25.2 Å². The summed E-state index contributed by atoms with van der Waals surface area (Å²) in [5.74, 6) is -0.0974. The van der Waals surface area contributed by atoms with Gasteiger partial charge in [0.2, 0.25) is 0 Å². The van der Waals surface area contributed by atoms with E-state index in [1.54, 1.807) is 6.20 Å². The molecule has 1 aromatic carbocycles. The molecule has 254 valence electrons. The first-order chi connectivity index (χ1) is 23.8. The van der Waals surface area contributed by atoms with Crippen molar-refractivity contribution in [3.05, 3.63) is 47.4 Å². The Morgan fingerprint density at radius 1 is 1.16 bits per heavy atom. The molecule has 9 nitrogen and oxygen atoms in total. The van der Waals surface area contributed by atoms with E-state index in [-0.39, 0.29) is 67.2 Å². The van der Waals surface area contributed by atoms with Crippen LogP contribution < -0.4 is 20.7 Å². The molecule has 3 atom stereocenters. The van der Waals surface area contributed by atoms with E-state index >= 15 is 4.39 Å². The Kier molecular flexibility index (Phi) is 7.30. The molecule has 3 N–H and O–H groups in total. The standard InChI is InChI=1S/C36H37F3N8OS/c37-13-20-12-35(9-3-11-47(35)16-20)19-48-34-43-30-25(33(44-34)46-17-22-8-10-36(18-46,45-22)21-4-1-2-5-21)15-42-29(28(30)39)23-6-7-26(38)31-27(23)24(14-40)32(41)49-31/h6-7,13,15,21-22,45H,1-5,8-12,16-19,41H2/b20-13-/t22-,35-,36+/m0/s1. The minimum Gasteiger partial charge on any atom is -0.461 e. The zero-order chi connectivity index (χ0) is 33.5. The zero-order valence-corrected chi connectivity index (χ0v) is 27.9. The highest BCUT2D eigenvalue weighted by molar-refractivity contribution is 7.23. The van der Waals surface area contributed by atoms with Crippen LogP contribution in [0.4, 0.5) is 24.0 Å². The van der Waals surface area contributed by atoms with Gasteiger partial charge < -0.3 is 20.7 Å². The molecule has 4 saturated heterocycles. The second kappa shape index (κ2) is 11.5. The third-order valence-corrected chi connectivity index (χ3v) is 13.0. The Morgan fingerprint density at radius 2 is 2.02 bits per heavy atom. The number of pyridine rings is 1. The molecule has 9 rings (SSSR count). The summed E-state index contributed by atoms with van der Waals surface area (Å²) in [5.41, 5.74) is 6.80. The van der Waals surface area contributed by atoms with Crippen molar-refractivity contribution in [2.75, 3.05) is 43.4 Å². The molecule has 4 aromatic rings. The predicted octanol–water partition coefficient (Wildman–Crippen LogP) is 6.61. The predicted molar refractivity (Wildman–Crippen MR) is 183 cm³/mol. The van der Waals surface area contributed by atoms with Crippen LogP contribution in [0.3, 0.4) is 0 Å². The third-order valence-electron chi connectivity index (χ3n) is 11.9. The highest BCUT2D eigenvalue weighted by Crippen LogP contribution is 2.47. The van der Waals surface area contributed by atoms with Gasteiger partial charge in [-0.1, -0.05) is 12.8 Å². The molecule has 4 aliphatic heterocycles. The number of hydrogen-bond acceptors (Lipinski definition) is 10. The van der Waals surface area contributed by atoms with Gasteiger partial charge in [0.05, 0.1) is 27.5 Å². The van der Waals surface area contributed by atoms with Crippen LogP contribution in [0.2, 0.25) is 0 Å². The van der Waals surface area contributed by atoms with Gasteiger partial charge in [0.15, 0.2) is 5.82 Å². The SMILES string of the molecule is N#Cc1c(N)sc2c(F)ccc(-c3ncc4c(N5C[C@@H]6CC[C@](C7CCCC7)(C5)N6)nc(OC[C@@]56CCCN5C/C(=C\F)C6)nc4c3F)c12. The van der Waals surface area contributed by atoms with Crippen molar-refractivity contribution in [1.29, 1.82) is 5.26 Å². The maximum absolute atomic E-state index is 17.0. The first-order valence-electron chi connectivity index (χ1n) is 17.3. The molecule has 0 radical (unpaired) electrons. The van der Waals surface area contributed by atoms with Gasteiger partial charge >= 0.3 is 6.01 Å². The van der Waals surface area contributed by atoms with Crippen LogP contribution in [-0.2, 0) is 0 Å². The summed E-state index contributed by atoms with van der Waals surface area (Å²) in [6, 6.07) is 5.08. The lowest BCUT2D eigenvalue weighted by Crippen LogP contribution is -2.62. The summed E-state index contributed by atoms with van der Waals surface area (Å²) in [4.78, 5) is 18.7. The summed E-state index contributed by atoms with van der Waals surface area (Å²) in [7, 11) is 0. The maximum atomic E-state index is 17.0. The zero-order valence-electron chi connectivity index (χ0n) is 27.1. The summed E-state index contributed by atoms with van der Waals surface area (Å²) in [6.07, 6.45) is 11.8. The number of benzene rings is 1. The molecular formula is C36H37F3N8OS. The Hall–Kier alpha value is -3.99. The fourth-order valence-electron chi connectivity index (χ4n) is 9.67. The van der Waals surface area contributed by atoms with Crippen LogP contribution in [-0.4, -0.2) is 69.8 Å². The highest BCUT2D eigenvalue weighted by atomic mass is 32.1. The Morgan fingerprint density at radius 3 is 2.84 bits per heavy atom. The number of ether oxygens (including phenoxy) is 1. The molecular weight excluding hydrogens is 650 g/mol. The van der Waals surface area contributed by atoms with Crippen molar-refractivity contribution in [3.63, 3.8) is 0 Å². The first-order valence-corrected chi connectivity index (χ1v) is 18.1. The molecule has 49 heavy (non-hydrogen) atoms. The summed E-state index contributed by atoms with van der Waals surface area (Å²) >= 11 is 0.956. The lowest BCUT2D eigenvalue weighted by molar-refractivity contribution is 0.108. The monoisotopic (exact) mass is 686 g/mol. The Balaban J connectivity index is 1.17. The van der Waals surface area contributed by atoms with Crippen molar-refractivity contribution in [3.8, 4) is 23.3 Å². The van der Waals surface area contributed by atoms with E-state index in [1.165, 1.54) is 37.8 Å². The molecule has 1 saturated carbocycles. The number of piperazine rings is 1. The topological polar surface area (TPSA) is 116 Å². The van der Waals surface area contributed by atoms with Crippen LogP contribution in [0.5, 0.6) is 6.01 Å². The van der Waals surface area contributed by atoms with Gasteiger partial charge in [-0.05, 0) is 75.1 Å². The maximum Gasteiger partial charge on any atom is 0.319 e. The smallest absolute Gasteiger partial charge is 0.319 e. The minimum atomic E-state index is -0.708. The van der Waals surface area contributed by atoms with Gasteiger partial charge in [-0.25, -0.2) is 13.2 Å². The van der Waals surface area contributed by atoms with Gasteiger partial charge in [-0.3, -0.25) is 9.88 Å². The van der Waals surface area contributed by atoms with Crippen LogP contribution in [0, 0.1) is 28.9 Å². The van der Waals surface area contributed by atoms with E-state index in [9.17, 15) is 14.0 Å². The van der Waals surface area contributed by atoms with Crippen molar-refractivity contribution < 1.29 is 17.9 Å². The van der Waals surface area contributed by atoms with Crippen molar-refractivity contribution in [2.24, 2.45) is 5.92 Å². The fraction of sp³-hybridized carbons (Fsp3) is 0.500. The minimum absolute atomic E-state index is 0.0296. The lowest BCUT2D eigenvalue weighted by atomic mass is 9.80. The van der Waals surface area contributed by atoms with Gasteiger partial charge in [0.25, 0.3) is 0 Å². The quantitative estimate of drug-likeness (QED) is 0.231. The molecule has 1 aliphatic carbocycles. The van der Waals surface area contributed by atoms with E-state index in [0.29, 0.717) is 43.0 Å². The molecule has 13 heteroatoms. The number of nitrogens with zero attached hydrogens (tertiary/aromatic N) is 6. The summed E-state index contributed by atoms with van der Waals surface area (Å²) in [5, 5.41) is 14.7. The largest absolute Gasteiger partial charge is 0.461 e. The van der Waals surface area contributed by atoms with Crippen LogP contribution in [0.15, 0.2) is 30.2 Å². The number of nitrogens with two attached hydrogens (primary N) is 1. The van der Waals surface area contributed by atoms with Gasteiger partial charge in [-0.2, -0.15) is 15.2 Å². The van der Waals surface area contributed by atoms with Gasteiger partial charge in [0.1, 0.15) is 40.5 Å². The van der Waals surface area contributed by atoms with E-state index in [2.05, 4.69) is 31.2 Å². The molecule has 0 unspecified atom stereocenters. The second-order valence-corrected chi connectivity index (χ2v) is 15.7. The first kappa shape index (κ1) is 31.0. The molecule has 3 aromatic heterocycles. The average molecular weight is 687 g/mol. The second-order valence-electron chi connectivity index (χ2n) is 14.6. The molecule has 7 heterocycles. The normalized spacial score (nSPS) is 27.9. The fourth-order valence-corrected chi connectivity index (χ4v) is 10.6. The van der Waals surface area contributed by atoms with Crippen LogP contribution >= 0.6 is 11.3 Å². The average Bonchev–Trinajstić information content (AvgIpc) is 3.93. The number of thiophene rings is 1. The number of nitrogens with one attached hydrogen (secondary N) is 1. The van der Waals surface area contributed by atoms with E-state index in [4.69, 9.17) is 15.5 Å². The van der Waals surface area contributed by atoms with Crippen LogP contribution in [0.25, 0.3) is 32.2 Å². The Labute approximate surface area is 286 Å². The lowest BCUT2D eigenvalue weighted by Gasteiger charge is -2.45. The molecule has 2 bridgehead atoms. The van der Waals surface area contributed by atoms with E-state index < -0.39 is 11.6 Å². The number of nitrogen functional groups attached to an aromatic ring is 1. The number of rotatable bonds is 6. The van der Waals surface area contributed by atoms with E-state index in [0.717, 1.165) is 55.7 Å². The third kappa shape index (κ3) is 4.81. The van der Waals surface area contributed by atoms with E-state index in [1.807, 2.05) is 0 Å². The number of fused-ring (bicyclic) bond motifs is 5. The van der Waals surface area contributed by atoms with Crippen LogP contribution in [0.1, 0.15) is 63.4 Å². The number of hydrogen-bond donors (Lipinski definition) is 2. The number of anilines is 2. The summed E-state index contributed by atoms with van der Waals surface area (Å²) in [6.45, 7) is 3.14. The van der Waals surface area contributed by atoms with Crippen molar-refractivity contribution >= 4 is 43.1 Å². The number of nitriles is 1.